The maximum Gasteiger partial charge on any atom is 0.372 e. The molecule has 0 fully saturated rings. The Morgan fingerprint density at radius 1 is 0.472 bits per heavy atom. The van der Waals surface area contributed by atoms with Gasteiger partial charge in [0, 0.05) is 50.9 Å². The Kier molecular flexibility index (Phi) is 26.2. The van der Waals surface area contributed by atoms with E-state index in [9.17, 15) is 108 Å². The lowest BCUT2D eigenvalue weighted by molar-refractivity contribution is -0.215. The molecule has 0 spiro atoms. The molecule has 72 heavy (non-hydrogen) atoms. The maximum absolute atomic E-state index is 14.6. The summed E-state index contributed by atoms with van der Waals surface area (Å²) < 4.78 is 11.3. The van der Waals surface area contributed by atoms with Crippen molar-refractivity contribution < 1.29 is 117 Å². The minimum atomic E-state index is -3.43. The highest BCUT2D eigenvalue weighted by Crippen LogP contribution is 2.49. The van der Waals surface area contributed by atoms with Gasteiger partial charge in [-0.2, -0.15) is 0 Å². The summed E-state index contributed by atoms with van der Waals surface area (Å²) in [4.78, 5) is 191. The number of nitrogens with zero attached hydrogens (tertiary/aromatic N) is 1. The fraction of sp³-hybridized carbons (Fsp3) is 0.651. The quantitative estimate of drug-likeness (QED) is 0.0233. The maximum atomic E-state index is 14.6. The molecule has 404 valence electrons. The molecule has 0 heterocycles. The lowest BCUT2D eigenvalue weighted by Crippen LogP contribution is -2.73. The molecular weight excluding hydrogens is 970 g/mol. The number of carbonyl (C=O) groups is 15. The summed E-state index contributed by atoms with van der Waals surface area (Å²) in [6, 6.07) is -6.20. The molecule has 0 aromatic heterocycles. The van der Waals surface area contributed by atoms with Crippen molar-refractivity contribution in [1.82, 2.24) is 4.90 Å². The minimum Gasteiger partial charge on any atom is -0.480 e. The number of amides is 2. The Hall–Kier alpha value is -7.27. The van der Waals surface area contributed by atoms with Crippen LogP contribution >= 0.6 is 0 Å². The van der Waals surface area contributed by atoms with Gasteiger partial charge >= 0.3 is 53.7 Å². The number of likely N-dealkylation sites (N-methyl/N-ethyl adjacent to an activating group) is 1. The molecule has 0 saturated carbocycles. The highest BCUT2D eigenvalue weighted by molar-refractivity contribution is 6.33. The largest absolute Gasteiger partial charge is 0.480 e. The van der Waals surface area contributed by atoms with E-state index >= 15 is 0 Å². The Morgan fingerprint density at radius 3 is 1.12 bits per heavy atom. The normalized spacial score (nSPS) is 15.4. The van der Waals surface area contributed by atoms with Gasteiger partial charge in [0.15, 0.2) is 0 Å². The predicted molar refractivity (Wildman–Crippen MR) is 237 cm³/mol. The molecule has 0 aromatic carbocycles. The monoisotopic (exact) mass is 1030 g/mol. The SMILES string of the molecule is CC(C)C[C@@](C(=O)O)(C(CCCC(=O)C(=O)O)[C@@](CCCC(=O)C(=O)O)(OC(=O)[C@@H](N)CCC(N)=O)C(=O)O)N(C)[C@@H](CCCC(=O)C(=O)O)[C@@](CCCC(=O)C(=O)O)(OC(=O)[C@@H](N)CCC(N)=O)C(=O)O. The van der Waals surface area contributed by atoms with Gasteiger partial charge in [0.2, 0.25) is 46.1 Å². The first kappa shape index (κ1) is 64.7. The minimum absolute atomic E-state index is 0.604. The van der Waals surface area contributed by atoms with Gasteiger partial charge in [-0.3, -0.25) is 48.1 Å². The van der Waals surface area contributed by atoms with E-state index < -0.39 is 245 Å². The van der Waals surface area contributed by atoms with Gasteiger partial charge in [-0.05, 0) is 77.2 Å². The van der Waals surface area contributed by atoms with Crippen LogP contribution in [0.15, 0.2) is 0 Å². The Labute approximate surface area is 409 Å². The standard InChI is InChI=1S/C43H63N5O24/c1-21(2)20-41(38(65)66,28(12-4-8-24(49)32(55)56)42(39(67)68,18-6-10-26(51)34(59)60)71-36(63)22(44)14-16-30(46)53)48(3)29(13-5-9-25(50)33(57)58)43(40(69)70,19-7-11-27(52)35(61)62)72-37(64)23(45)15-17-31(47)54/h21-23,28-29H,4-20,44-45H2,1-3H3,(H2,46,53)(H2,47,54)(H,55,56)(H,57,58)(H,59,60)(H,61,62)(H,65,66)(H,67,68)(H,69,70)/t22-,23-,28?,29-,41-,42+,43+/m0/s1. The number of carboxylic acids is 7. The fourth-order valence-electron chi connectivity index (χ4n) is 8.31. The second-order valence-electron chi connectivity index (χ2n) is 17.4. The lowest BCUT2D eigenvalue weighted by Gasteiger charge is -2.55. The number of esters is 2. The van der Waals surface area contributed by atoms with Gasteiger partial charge in [-0.1, -0.05) is 13.8 Å². The third-order valence-corrected chi connectivity index (χ3v) is 11.8. The molecule has 0 aliphatic rings. The number of aliphatic carboxylic acids is 7. The van der Waals surface area contributed by atoms with E-state index in [1.807, 2.05) is 0 Å². The number of carboxylic acid groups (broad SMARTS) is 7. The van der Waals surface area contributed by atoms with E-state index in [2.05, 4.69) is 0 Å². The van der Waals surface area contributed by atoms with Crippen LogP contribution in [-0.2, 0) is 81.4 Å². The average molecular weight is 1030 g/mol. The zero-order chi connectivity index (χ0) is 56.1. The first-order valence-corrected chi connectivity index (χ1v) is 22.2. The van der Waals surface area contributed by atoms with Gasteiger partial charge in [0.05, 0.1) is 6.04 Å². The number of primary amides is 2. The van der Waals surface area contributed by atoms with Crippen LogP contribution in [-0.4, -0.2) is 171 Å². The lowest BCUT2D eigenvalue weighted by atomic mass is 9.63. The van der Waals surface area contributed by atoms with E-state index in [-0.39, 0.29) is 0 Å². The first-order chi connectivity index (χ1) is 33.2. The number of Topliss-reactive ketones (excluding diaryl/α,β-unsaturated/α-hetero) is 4. The molecule has 2 amide bonds. The second kappa shape index (κ2) is 29.2. The number of rotatable bonds is 40. The van der Waals surface area contributed by atoms with Crippen LogP contribution in [0.5, 0.6) is 0 Å². The third kappa shape index (κ3) is 18.5. The van der Waals surface area contributed by atoms with E-state index in [1.54, 1.807) is 0 Å². The van der Waals surface area contributed by atoms with Gasteiger partial charge in [0.25, 0.3) is 0 Å². The summed E-state index contributed by atoms with van der Waals surface area (Å²) in [5, 5.41) is 71.9. The smallest absolute Gasteiger partial charge is 0.372 e. The van der Waals surface area contributed by atoms with Crippen molar-refractivity contribution in [1.29, 1.82) is 0 Å². The topological polar surface area (TPSA) is 523 Å². The highest BCUT2D eigenvalue weighted by atomic mass is 16.6. The van der Waals surface area contributed by atoms with Crippen molar-refractivity contribution in [2.45, 2.75) is 158 Å². The van der Waals surface area contributed by atoms with Crippen molar-refractivity contribution >= 4 is 88.7 Å². The number of hydrogen-bond donors (Lipinski definition) is 11. The number of ketones is 4. The third-order valence-electron chi connectivity index (χ3n) is 11.8. The number of ether oxygens (including phenoxy) is 2. The van der Waals surface area contributed by atoms with Crippen LogP contribution in [0, 0.1) is 11.8 Å². The van der Waals surface area contributed by atoms with Gasteiger partial charge in [-0.25, -0.2) is 28.8 Å². The number of nitrogens with two attached hydrogens (primary N) is 4. The summed E-state index contributed by atoms with van der Waals surface area (Å²) in [7, 11) is 0.817. The molecule has 0 radical (unpaired) electrons. The van der Waals surface area contributed by atoms with Crippen LogP contribution in [0.4, 0.5) is 0 Å². The van der Waals surface area contributed by atoms with Crippen molar-refractivity contribution in [2.75, 3.05) is 7.05 Å². The summed E-state index contributed by atoms with van der Waals surface area (Å²) in [5.74, 6) is -29.6. The average Bonchev–Trinajstić information content (AvgIpc) is 3.27. The molecule has 15 N–H and O–H groups in total. The molecule has 1 unspecified atom stereocenters. The number of carbonyl (C=O) groups excluding carboxylic acids is 8. The Morgan fingerprint density at radius 2 is 0.806 bits per heavy atom. The van der Waals surface area contributed by atoms with Crippen molar-refractivity contribution in [3.8, 4) is 0 Å². The molecule has 29 heteroatoms. The summed E-state index contributed by atoms with van der Waals surface area (Å²) in [6.45, 7) is 2.69. The molecule has 0 bridgehead atoms. The Balaban J connectivity index is 9.37. The Bertz CT molecular complexity index is 2110. The van der Waals surface area contributed by atoms with Crippen LogP contribution in [0.1, 0.15) is 123 Å². The zero-order valence-electron chi connectivity index (χ0n) is 39.7. The second-order valence-corrected chi connectivity index (χ2v) is 17.4. The fourth-order valence-corrected chi connectivity index (χ4v) is 8.31. The van der Waals surface area contributed by atoms with Gasteiger partial charge in [-0.15, -0.1) is 0 Å². The van der Waals surface area contributed by atoms with Crippen molar-refractivity contribution in [2.24, 2.45) is 34.8 Å². The van der Waals surface area contributed by atoms with E-state index in [1.165, 1.54) is 13.8 Å². The van der Waals surface area contributed by atoms with E-state index in [0.717, 1.165) is 7.05 Å². The summed E-state index contributed by atoms with van der Waals surface area (Å²) in [6.07, 6.45) is -14.9. The predicted octanol–water partition coefficient (Wildman–Crippen LogP) is -2.01. The van der Waals surface area contributed by atoms with Crippen LogP contribution in [0.25, 0.3) is 0 Å². The molecule has 0 rings (SSSR count). The van der Waals surface area contributed by atoms with Gasteiger partial charge < -0.3 is 68.2 Å². The summed E-state index contributed by atoms with van der Waals surface area (Å²) >= 11 is 0. The van der Waals surface area contributed by atoms with Crippen molar-refractivity contribution in [3.63, 3.8) is 0 Å². The van der Waals surface area contributed by atoms with E-state index in [4.69, 9.17) is 32.4 Å². The molecular formula is C43H63N5O24. The van der Waals surface area contributed by atoms with Gasteiger partial charge in [0.1, 0.15) is 17.6 Å². The number of hydrogen-bond acceptors (Lipinski definition) is 20. The zero-order valence-corrected chi connectivity index (χ0v) is 39.7. The van der Waals surface area contributed by atoms with E-state index in [0.29, 0.717) is 4.90 Å². The molecule has 0 aliphatic carbocycles. The molecule has 29 nitrogen and oxygen atoms in total. The van der Waals surface area contributed by atoms with Crippen LogP contribution < -0.4 is 22.9 Å². The first-order valence-electron chi connectivity index (χ1n) is 22.2. The molecule has 0 aromatic rings. The summed E-state index contributed by atoms with van der Waals surface area (Å²) in [5.41, 5.74) is 12.4. The molecule has 7 atom stereocenters. The van der Waals surface area contributed by atoms with Crippen LogP contribution in [0.2, 0.25) is 0 Å². The molecule has 0 saturated heterocycles. The van der Waals surface area contributed by atoms with Crippen molar-refractivity contribution in [3.05, 3.63) is 0 Å². The highest BCUT2D eigenvalue weighted by Gasteiger charge is 2.66. The molecule has 0 aliphatic heterocycles. The van der Waals surface area contributed by atoms with Crippen LogP contribution in [0.3, 0.4) is 0 Å².